The number of hydrogen-bond donors (Lipinski definition) is 0. The highest BCUT2D eigenvalue weighted by Crippen LogP contribution is 2.80. The third-order valence-electron chi connectivity index (χ3n) is 17.3. The second kappa shape index (κ2) is 17.3. The van der Waals surface area contributed by atoms with Crippen LogP contribution in [0, 0.1) is 0 Å². The molecule has 0 aromatic rings. The second-order valence-electron chi connectivity index (χ2n) is 17.4. The van der Waals surface area contributed by atoms with Gasteiger partial charge in [0.1, 0.15) is 0 Å². The van der Waals surface area contributed by atoms with Crippen molar-refractivity contribution in [2.24, 2.45) is 0 Å². The molecule has 270 valence electrons. The van der Waals surface area contributed by atoms with E-state index < -0.39 is 35.5 Å². The Morgan fingerprint density at radius 3 is 0.311 bits per heavy atom. The molecule has 0 aromatic heterocycles. The molecular weight excluding hydrogens is 621 g/mol. The fourth-order valence-corrected chi connectivity index (χ4v) is 266. The molecule has 1 aliphatic heterocycles. The molecule has 5 heteroatoms. The number of rotatable bonds is 20. The highest BCUT2D eigenvalue weighted by atomic mass is 30.2. The van der Waals surface area contributed by atoms with E-state index in [4.69, 9.17) is 0 Å². The zero-order valence-electron chi connectivity index (χ0n) is 35.3. The molecule has 1 heterocycles. The van der Waals surface area contributed by atoms with E-state index in [0.717, 1.165) is 55.4 Å². The lowest BCUT2D eigenvalue weighted by atomic mass is 10.3. The van der Waals surface area contributed by atoms with Crippen LogP contribution >= 0.6 is 0 Å². The molecule has 0 aromatic carbocycles. The molecule has 10 unspecified atom stereocenters. The highest BCUT2D eigenvalue weighted by Gasteiger charge is 2.95. The minimum atomic E-state index is -1.92. The van der Waals surface area contributed by atoms with Gasteiger partial charge in [0.05, 0.1) is 0 Å². The molecule has 0 radical (unpaired) electrons. The number of hydrogen-bond acceptors (Lipinski definition) is 0. The van der Waals surface area contributed by atoms with Crippen molar-refractivity contribution in [3.63, 3.8) is 0 Å². The summed E-state index contributed by atoms with van der Waals surface area (Å²) in [5.41, 5.74) is 9.99. The van der Waals surface area contributed by atoms with Gasteiger partial charge in [-0.05, 0) is 0 Å². The molecule has 1 aliphatic rings. The molecule has 1 saturated heterocycles. The van der Waals surface area contributed by atoms with Gasteiger partial charge >= 0.3 is 0 Å². The van der Waals surface area contributed by atoms with Gasteiger partial charge in [-0.1, -0.05) is 258 Å². The molecular formula is C40H90Si5. The minimum absolute atomic E-state index is 0.999. The fourth-order valence-electron chi connectivity index (χ4n) is 15.5. The van der Waals surface area contributed by atoms with E-state index in [2.05, 4.69) is 138 Å². The van der Waals surface area contributed by atoms with E-state index in [0.29, 0.717) is 0 Å². The lowest BCUT2D eigenvalue weighted by Gasteiger charge is -2.68. The average Bonchev–Trinajstić information content (AvgIpc) is 3.28. The van der Waals surface area contributed by atoms with Crippen LogP contribution in [0.25, 0.3) is 0 Å². The van der Waals surface area contributed by atoms with Crippen molar-refractivity contribution < 1.29 is 0 Å². The van der Waals surface area contributed by atoms with Crippen LogP contribution in [0.5, 0.6) is 0 Å². The maximum atomic E-state index is 2.97. The summed E-state index contributed by atoms with van der Waals surface area (Å²) >= 11 is 0. The van der Waals surface area contributed by atoms with Crippen LogP contribution in [0.2, 0.25) is 55.4 Å². The standard InChI is InChI=1S/C40H90Si5/c1-21-31(11)41(32(12)22-2)42(33(13)23-3,34(14)24-4)44(37(17)27-7,38(18)28-8)45(39(19)29-9,40(20)30-10)43(41,35(15)25-5)36(16)26-6/h31-40H,21-30H2,1-20H3. The first-order valence-electron chi connectivity index (χ1n) is 21.1. The molecule has 0 aliphatic carbocycles. The molecule has 0 bridgehead atoms. The lowest BCUT2D eigenvalue weighted by Crippen LogP contribution is -2.85. The Hall–Kier alpha value is 1.08. The van der Waals surface area contributed by atoms with E-state index in [1.165, 1.54) is 64.2 Å². The monoisotopic (exact) mass is 711 g/mol. The van der Waals surface area contributed by atoms with Gasteiger partial charge in [0.25, 0.3) is 0 Å². The maximum Gasteiger partial charge on any atom is 0.0442 e. The molecule has 0 spiro atoms. The Labute approximate surface area is 292 Å². The van der Waals surface area contributed by atoms with Gasteiger partial charge in [-0.3, -0.25) is 0 Å². The second-order valence-corrected chi connectivity index (χ2v) is 68.3. The quantitative estimate of drug-likeness (QED) is 0.110. The Morgan fingerprint density at radius 2 is 0.267 bits per heavy atom. The zero-order chi connectivity index (χ0) is 35.3. The fraction of sp³-hybridized carbons (Fsp3) is 1.00. The lowest BCUT2D eigenvalue weighted by molar-refractivity contribution is 0.725. The topological polar surface area (TPSA) is 0 Å². The molecule has 0 amide bonds. The largest absolute Gasteiger partial charge is 0.0654 e. The van der Waals surface area contributed by atoms with Crippen molar-refractivity contribution in [3.8, 4) is 0 Å². The Bertz CT molecular complexity index is 638. The SMILES string of the molecule is CCC(C)[Si]1(C(C)CC)[Si](C(C)CC)(C(C)CC)[Si](C(C)CC)(C(C)CC)[Si](C(C)CC)(C(C)CC)[Si]1(C(C)CC)C(C)CC. The summed E-state index contributed by atoms with van der Waals surface area (Å²) in [4.78, 5) is 0. The molecule has 0 N–H and O–H groups in total. The first-order chi connectivity index (χ1) is 21.1. The van der Waals surface area contributed by atoms with E-state index in [1.54, 1.807) is 0 Å². The van der Waals surface area contributed by atoms with Gasteiger partial charge in [-0.15, -0.1) is 0 Å². The summed E-state index contributed by atoms with van der Waals surface area (Å²) in [5.74, 6) is 0. The Morgan fingerprint density at radius 1 is 0.200 bits per heavy atom. The van der Waals surface area contributed by atoms with Gasteiger partial charge in [-0.25, -0.2) is 0 Å². The first-order valence-corrected chi connectivity index (χ1v) is 36.8. The Kier molecular flexibility index (Phi) is 17.0. The molecule has 45 heavy (non-hydrogen) atoms. The van der Waals surface area contributed by atoms with E-state index in [9.17, 15) is 0 Å². The van der Waals surface area contributed by atoms with Gasteiger partial charge in [0, 0.05) is 35.5 Å². The van der Waals surface area contributed by atoms with Crippen molar-refractivity contribution >= 4 is 35.5 Å². The van der Waals surface area contributed by atoms with Gasteiger partial charge in [0.15, 0.2) is 0 Å². The van der Waals surface area contributed by atoms with Crippen LogP contribution < -0.4 is 0 Å². The normalized spacial score (nSPS) is 37.3. The van der Waals surface area contributed by atoms with Gasteiger partial charge in [0.2, 0.25) is 0 Å². The van der Waals surface area contributed by atoms with E-state index in [-0.39, 0.29) is 0 Å². The molecule has 1 fully saturated rings. The minimum Gasteiger partial charge on any atom is -0.0654 e. The van der Waals surface area contributed by atoms with Crippen molar-refractivity contribution in [2.75, 3.05) is 0 Å². The van der Waals surface area contributed by atoms with Crippen LogP contribution in [-0.4, -0.2) is 35.5 Å². The van der Waals surface area contributed by atoms with Crippen LogP contribution in [0.15, 0.2) is 0 Å². The zero-order valence-corrected chi connectivity index (χ0v) is 40.3. The van der Waals surface area contributed by atoms with Gasteiger partial charge < -0.3 is 0 Å². The molecule has 0 saturated carbocycles. The maximum absolute atomic E-state index is 2.97. The van der Waals surface area contributed by atoms with Crippen molar-refractivity contribution in [1.82, 2.24) is 0 Å². The summed E-state index contributed by atoms with van der Waals surface area (Å²) in [5, 5.41) is 0. The first kappa shape index (κ1) is 44.1. The molecule has 1 rings (SSSR count). The third kappa shape index (κ3) is 5.26. The van der Waals surface area contributed by atoms with Crippen LogP contribution in [0.3, 0.4) is 0 Å². The average molecular weight is 712 g/mol. The van der Waals surface area contributed by atoms with Crippen molar-refractivity contribution in [3.05, 3.63) is 0 Å². The summed E-state index contributed by atoms with van der Waals surface area (Å²) in [6.45, 7) is 56.7. The van der Waals surface area contributed by atoms with E-state index in [1.807, 2.05) is 0 Å². The van der Waals surface area contributed by atoms with Crippen molar-refractivity contribution in [2.45, 2.75) is 258 Å². The van der Waals surface area contributed by atoms with Gasteiger partial charge in [-0.2, -0.15) is 0 Å². The summed E-state index contributed by atoms with van der Waals surface area (Å²) in [7, 11) is -9.60. The van der Waals surface area contributed by atoms with E-state index >= 15 is 0 Å². The molecule has 10 atom stereocenters. The van der Waals surface area contributed by atoms with Crippen LogP contribution in [0.4, 0.5) is 0 Å². The predicted molar refractivity (Wildman–Crippen MR) is 226 cm³/mol. The predicted octanol–water partition coefficient (Wildman–Crippen LogP) is 15.6. The summed E-state index contributed by atoms with van der Waals surface area (Å²) in [6.07, 6.45) is 14.7. The Balaban J connectivity index is 5.65. The summed E-state index contributed by atoms with van der Waals surface area (Å²) in [6, 6.07) is 0. The molecule has 0 nitrogen and oxygen atoms in total. The van der Waals surface area contributed by atoms with Crippen LogP contribution in [0.1, 0.15) is 203 Å². The van der Waals surface area contributed by atoms with Crippen LogP contribution in [-0.2, 0) is 0 Å². The summed E-state index contributed by atoms with van der Waals surface area (Å²) < 4.78 is 0. The van der Waals surface area contributed by atoms with Crippen molar-refractivity contribution in [1.29, 1.82) is 0 Å². The highest BCUT2D eigenvalue weighted by molar-refractivity contribution is 8.15. The third-order valence-corrected chi connectivity index (χ3v) is 142. The smallest absolute Gasteiger partial charge is 0.0442 e.